The zero-order chi connectivity index (χ0) is 17.7. The minimum Gasteiger partial charge on any atom is -0.336 e. The molecule has 4 nitrogen and oxygen atoms in total. The third-order valence-electron chi connectivity index (χ3n) is 4.50. The Morgan fingerprint density at radius 1 is 1.25 bits per heavy atom. The van der Waals surface area contributed by atoms with Crippen LogP contribution in [0, 0.1) is 5.41 Å². The van der Waals surface area contributed by atoms with Crippen molar-refractivity contribution in [1.82, 2.24) is 9.80 Å². The van der Waals surface area contributed by atoms with Crippen LogP contribution in [0.3, 0.4) is 0 Å². The maximum absolute atomic E-state index is 12.7. The molecule has 0 saturated carbocycles. The summed E-state index contributed by atoms with van der Waals surface area (Å²) in [6, 6.07) is 8.22. The molecule has 0 unspecified atom stereocenters. The molecule has 132 valence electrons. The number of hydrogen-bond donors (Lipinski definition) is 0. The predicted molar refractivity (Wildman–Crippen MR) is 96.9 cm³/mol. The Labute approximate surface area is 149 Å². The number of carbonyl (C=O) groups excluding carboxylic acids is 2. The van der Waals surface area contributed by atoms with Gasteiger partial charge in [0.05, 0.1) is 12.0 Å². The molecule has 0 saturated heterocycles. The maximum Gasteiger partial charge on any atom is 0.242 e. The summed E-state index contributed by atoms with van der Waals surface area (Å²) in [6.07, 6.45) is 1.69. The van der Waals surface area contributed by atoms with E-state index in [1.54, 1.807) is 4.90 Å². The summed E-state index contributed by atoms with van der Waals surface area (Å²) in [6.45, 7) is 7.71. The zero-order valence-corrected chi connectivity index (χ0v) is 15.6. The fraction of sp³-hybridized carbons (Fsp3) is 0.579. The molecular formula is C19H27ClN2O2. The topological polar surface area (TPSA) is 40.6 Å². The second kappa shape index (κ2) is 8.02. The molecule has 0 atom stereocenters. The Morgan fingerprint density at radius 3 is 2.54 bits per heavy atom. The van der Waals surface area contributed by atoms with Gasteiger partial charge in [0.2, 0.25) is 11.8 Å². The van der Waals surface area contributed by atoms with Gasteiger partial charge in [-0.25, -0.2) is 0 Å². The average molecular weight is 351 g/mol. The molecule has 0 fully saturated rings. The van der Waals surface area contributed by atoms with Crippen LogP contribution in [-0.4, -0.2) is 47.1 Å². The van der Waals surface area contributed by atoms with Crippen molar-refractivity contribution in [1.29, 1.82) is 0 Å². The van der Waals surface area contributed by atoms with Gasteiger partial charge in [-0.15, -0.1) is 11.6 Å². The van der Waals surface area contributed by atoms with E-state index >= 15 is 0 Å². The highest BCUT2D eigenvalue weighted by atomic mass is 35.5. The molecule has 0 radical (unpaired) electrons. The Balaban J connectivity index is 2.05. The molecule has 2 amide bonds. The van der Waals surface area contributed by atoms with E-state index in [1.807, 2.05) is 37.8 Å². The van der Waals surface area contributed by atoms with E-state index in [9.17, 15) is 9.59 Å². The van der Waals surface area contributed by atoms with Crippen molar-refractivity contribution in [3.05, 3.63) is 35.4 Å². The van der Waals surface area contributed by atoms with Gasteiger partial charge in [-0.05, 0) is 37.8 Å². The van der Waals surface area contributed by atoms with Crippen LogP contribution >= 0.6 is 11.6 Å². The Hall–Kier alpha value is -1.55. The van der Waals surface area contributed by atoms with Gasteiger partial charge in [0.15, 0.2) is 0 Å². The van der Waals surface area contributed by atoms with Crippen LogP contribution < -0.4 is 0 Å². The van der Waals surface area contributed by atoms with Gasteiger partial charge in [-0.1, -0.05) is 31.2 Å². The van der Waals surface area contributed by atoms with E-state index in [1.165, 1.54) is 11.1 Å². The van der Waals surface area contributed by atoms with Gasteiger partial charge in [0, 0.05) is 25.5 Å². The van der Waals surface area contributed by atoms with Crippen LogP contribution in [0.5, 0.6) is 0 Å². The summed E-state index contributed by atoms with van der Waals surface area (Å²) in [4.78, 5) is 28.9. The molecule has 0 spiro atoms. The predicted octanol–water partition coefficient (Wildman–Crippen LogP) is 3.07. The number of nitrogens with zero attached hydrogens (tertiary/aromatic N) is 2. The Kier molecular flexibility index (Phi) is 6.27. The van der Waals surface area contributed by atoms with Crippen molar-refractivity contribution in [3.8, 4) is 0 Å². The summed E-state index contributed by atoms with van der Waals surface area (Å²) < 4.78 is 0. The van der Waals surface area contributed by atoms with Crippen molar-refractivity contribution in [2.75, 3.05) is 25.5 Å². The van der Waals surface area contributed by atoms with Crippen LogP contribution in [0.25, 0.3) is 0 Å². The molecule has 2 rings (SSSR count). The fourth-order valence-corrected chi connectivity index (χ4v) is 3.09. The largest absolute Gasteiger partial charge is 0.336 e. The van der Waals surface area contributed by atoms with Crippen molar-refractivity contribution in [2.24, 2.45) is 5.41 Å². The van der Waals surface area contributed by atoms with E-state index in [4.69, 9.17) is 11.6 Å². The highest BCUT2D eigenvalue weighted by molar-refractivity contribution is 6.19. The molecule has 1 aromatic carbocycles. The van der Waals surface area contributed by atoms with Crippen molar-refractivity contribution < 1.29 is 9.59 Å². The summed E-state index contributed by atoms with van der Waals surface area (Å²) >= 11 is 5.93. The number of fused-ring (bicyclic) bond motifs is 1. The molecule has 24 heavy (non-hydrogen) atoms. The Morgan fingerprint density at radius 2 is 1.92 bits per heavy atom. The van der Waals surface area contributed by atoms with Crippen LogP contribution in [0.4, 0.5) is 0 Å². The van der Waals surface area contributed by atoms with Crippen LogP contribution in [0.2, 0.25) is 0 Å². The number of amides is 2. The van der Waals surface area contributed by atoms with E-state index in [0.717, 1.165) is 12.8 Å². The third-order valence-corrected chi connectivity index (χ3v) is 5.17. The standard InChI is InChI=1S/C19H27ClN2O2/c1-4-10-22(18(24)19(2,3)14-20)13-17(23)21-11-9-15-7-5-6-8-16(15)12-21/h5-8H,4,9-14H2,1-3H3. The van der Waals surface area contributed by atoms with Gasteiger partial charge < -0.3 is 9.80 Å². The lowest BCUT2D eigenvalue weighted by Gasteiger charge is -2.34. The quantitative estimate of drug-likeness (QED) is 0.740. The lowest BCUT2D eigenvalue weighted by Crippen LogP contribution is -2.48. The van der Waals surface area contributed by atoms with Crippen LogP contribution in [0.15, 0.2) is 24.3 Å². The van der Waals surface area contributed by atoms with Crippen LogP contribution in [-0.2, 0) is 22.6 Å². The number of halogens is 1. The minimum absolute atomic E-state index is 0.0108. The normalized spacial score (nSPS) is 14.2. The molecule has 0 aliphatic carbocycles. The average Bonchev–Trinajstić information content (AvgIpc) is 2.60. The van der Waals surface area contributed by atoms with Gasteiger partial charge in [-0.2, -0.15) is 0 Å². The number of alkyl halides is 1. The maximum atomic E-state index is 12.7. The second-order valence-corrected chi connectivity index (χ2v) is 7.35. The Bertz CT molecular complexity index is 601. The molecule has 0 bridgehead atoms. The number of benzene rings is 1. The molecule has 1 aliphatic heterocycles. The van der Waals surface area contributed by atoms with Crippen molar-refractivity contribution in [3.63, 3.8) is 0 Å². The van der Waals surface area contributed by atoms with Crippen molar-refractivity contribution in [2.45, 2.75) is 40.2 Å². The number of rotatable bonds is 6. The number of carbonyl (C=O) groups is 2. The van der Waals surface area contributed by atoms with Crippen molar-refractivity contribution >= 4 is 23.4 Å². The molecule has 0 aromatic heterocycles. The molecule has 1 aromatic rings. The molecule has 1 aliphatic rings. The minimum atomic E-state index is -0.647. The molecule has 0 N–H and O–H groups in total. The first-order chi connectivity index (χ1) is 11.4. The van der Waals surface area contributed by atoms with E-state index < -0.39 is 5.41 Å². The lowest BCUT2D eigenvalue weighted by atomic mass is 9.94. The molecular weight excluding hydrogens is 324 g/mol. The smallest absolute Gasteiger partial charge is 0.242 e. The monoisotopic (exact) mass is 350 g/mol. The summed E-state index contributed by atoms with van der Waals surface area (Å²) in [5.74, 6) is 0.207. The van der Waals surface area contributed by atoms with Crippen LogP contribution in [0.1, 0.15) is 38.3 Å². The van der Waals surface area contributed by atoms with Gasteiger partial charge in [0.25, 0.3) is 0 Å². The molecule has 1 heterocycles. The first kappa shape index (κ1) is 18.8. The molecule has 5 heteroatoms. The van der Waals surface area contributed by atoms with E-state index in [-0.39, 0.29) is 24.2 Å². The lowest BCUT2D eigenvalue weighted by molar-refractivity contribution is -0.145. The summed E-state index contributed by atoms with van der Waals surface area (Å²) in [7, 11) is 0. The second-order valence-electron chi connectivity index (χ2n) is 7.08. The fourth-order valence-electron chi connectivity index (χ4n) is 2.98. The van der Waals surface area contributed by atoms with Gasteiger partial charge in [-0.3, -0.25) is 9.59 Å². The zero-order valence-electron chi connectivity index (χ0n) is 14.8. The van der Waals surface area contributed by atoms with E-state index in [0.29, 0.717) is 19.6 Å². The van der Waals surface area contributed by atoms with Gasteiger partial charge in [0.1, 0.15) is 0 Å². The first-order valence-electron chi connectivity index (χ1n) is 8.59. The SMILES string of the molecule is CCCN(CC(=O)N1CCc2ccccc2C1)C(=O)C(C)(C)CCl. The highest BCUT2D eigenvalue weighted by Gasteiger charge is 2.33. The van der Waals surface area contributed by atoms with E-state index in [2.05, 4.69) is 12.1 Å². The first-order valence-corrected chi connectivity index (χ1v) is 9.12. The number of hydrogen-bond acceptors (Lipinski definition) is 2. The third kappa shape index (κ3) is 4.29. The summed E-state index contributed by atoms with van der Waals surface area (Å²) in [5, 5.41) is 0. The summed E-state index contributed by atoms with van der Waals surface area (Å²) in [5.41, 5.74) is 1.86. The highest BCUT2D eigenvalue weighted by Crippen LogP contribution is 2.22. The van der Waals surface area contributed by atoms with Gasteiger partial charge >= 0.3 is 0 Å².